The Morgan fingerprint density at radius 2 is 2.31 bits per heavy atom. The lowest BCUT2D eigenvalue weighted by atomic mass is 10.0. The third-order valence-electron chi connectivity index (χ3n) is 3.58. The molecule has 1 aromatic heterocycles. The summed E-state index contributed by atoms with van der Waals surface area (Å²) < 4.78 is 1.22. The minimum Gasteiger partial charge on any atom is -0.314 e. The summed E-state index contributed by atoms with van der Waals surface area (Å²) in [5.74, 6) is 0.855. The minimum absolute atomic E-state index is 0.557. The first-order valence-corrected chi connectivity index (χ1v) is 7.66. The average molecular weight is 302 g/mol. The number of thiophene rings is 1. The Kier molecular flexibility index (Phi) is 3.77. The van der Waals surface area contributed by atoms with Crippen LogP contribution in [0.1, 0.15) is 32.1 Å². The third kappa shape index (κ3) is 2.88. The van der Waals surface area contributed by atoms with Crippen molar-refractivity contribution in [2.75, 3.05) is 6.54 Å². The molecule has 16 heavy (non-hydrogen) atoms. The molecule has 2 unspecified atom stereocenters. The van der Waals surface area contributed by atoms with Crippen LogP contribution in [0.15, 0.2) is 15.9 Å². The number of hydrogen-bond donors (Lipinski definition) is 1. The van der Waals surface area contributed by atoms with Crippen LogP contribution in [0.25, 0.3) is 0 Å². The first-order valence-electron chi connectivity index (χ1n) is 5.99. The van der Waals surface area contributed by atoms with Crippen molar-refractivity contribution >= 4 is 27.3 Å². The second-order valence-electron chi connectivity index (χ2n) is 5.40. The molecule has 0 saturated heterocycles. The highest BCUT2D eigenvalue weighted by Crippen LogP contribution is 2.54. The number of rotatable bonds is 5. The molecule has 0 radical (unpaired) electrons. The van der Waals surface area contributed by atoms with Crippen LogP contribution in [0.3, 0.4) is 0 Å². The van der Waals surface area contributed by atoms with E-state index in [1.165, 1.54) is 22.2 Å². The van der Waals surface area contributed by atoms with E-state index >= 15 is 0 Å². The Hall–Kier alpha value is 0.140. The summed E-state index contributed by atoms with van der Waals surface area (Å²) in [7, 11) is 0. The fraction of sp³-hybridized carbons (Fsp3) is 0.692. The summed E-state index contributed by atoms with van der Waals surface area (Å²) in [6, 6.07) is 2.91. The lowest BCUT2D eigenvalue weighted by Crippen LogP contribution is -2.34. The Morgan fingerprint density at radius 1 is 1.62 bits per heavy atom. The third-order valence-corrected chi connectivity index (χ3v) is 5.30. The summed E-state index contributed by atoms with van der Waals surface area (Å²) in [6.07, 6.45) is 2.55. The van der Waals surface area contributed by atoms with Gasteiger partial charge in [0.1, 0.15) is 0 Å². The highest BCUT2D eigenvalue weighted by Gasteiger charge is 2.49. The smallest absolute Gasteiger partial charge is 0.0285 e. The molecule has 1 N–H and O–H groups in total. The van der Waals surface area contributed by atoms with E-state index in [9.17, 15) is 0 Å². The van der Waals surface area contributed by atoms with Gasteiger partial charge in [0.15, 0.2) is 0 Å². The van der Waals surface area contributed by atoms with Crippen molar-refractivity contribution in [2.45, 2.75) is 39.7 Å². The van der Waals surface area contributed by atoms with Crippen LogP contribution in [0.2, 0.25) is 0 Å². The Balaban J connectivity index is 1.98. The van der Waals surface area contributed by atoms with Crippen LogP contribution in [-0.4, -0.2) is 12.6 Å². The summed E-state index contributed by atoms with van der Waals surface area (Å²) in [5, 5.41) is 5.83. The first kappa shape index (κ1) is 12.6. The molecule has 0 aromatic carbocycles. The summed E-state index contributed by atoms with van der Waals surface area (Å²) in [4.78, 5) is 1.49. The predicted molar refractivity (Wildman–Crippen MR) is 75.1 cm³/mol. The molecule has 0 spiro atoms. The summed E-state index contributed by atoms with van der Waals surface area (Å²) in [5.41, 5.74) is 0.557. The molecule has 0 aliphatic heterocycles. The van der Waals surface area contributed by atoms with Crippen molar-refractivity contribution in [3.05, 3.63) is 20.8 Å². The lowest BCUT2D eigenvalue weighted by Gasteiger charge is -2.18. The average Bonchev–Trinajstić information content (AvgIpc) is 2.64. The molecule has 3 heteroatoms. The molecule has 2 atom stereocenters. The van der Waals surface area contributed by atoms with Gasteiger partial charge in [0.25, 0.3) is 0 Å². The standard InChI is InChI=1S/C13H20BrNS/c1-4-15-12(11-7-13(11,2)3)6-10-5-9(14)8-16-10/h5,8,11-12,15H,4,6-7H2,1-3H3. The van der Waals surface area contributed by atoms with Crippen LogP contribution in [0.5, 0.6) is 0 Å². The highest BCUT2D eigenvalue weighted by atomic mass is 79.9. The SMILES string of the molecule is CCNC(Cc1cc(Br)cs1)C1CC1(C)C. The van der Waals surface area contributed by atoms with Gasteiger partial charge in [-0.15, -0.1) is 11.3 Å². The zero-order chi connectivity index (χ0) is 11.8. The second kappa shape index (κ2) is 4.79. The fourth-order valence-electron chi connectivity index (χ4n) is 2.49. The molecule has 1 fully saturated rings. The van der Waals surface area contributed by atoms with E-state index in [0.29, 0.717) is 11.5 Å². The van der Waals surface area contributed by atoms with Gasteiger partial charge < -0.3 is 5.32 Å². The molecule has 0 bridgehead atoms. The van der Waals surface area contributed by atoms with Crippen LogP contribution < -0.4 is 5.32 Å². The van der Waals surface area contributed by atoms with E-state index in [1.807, 2.05) is 11.3 Å². The maximum Gasteiger partial charge on any atom is 0.0285 e. The largest absolute Gasteiger partial charge is 0.314 e. The molecule has 1 nitrogen and oxygen atoms in total. The highest BCUT2D eigenvalue weighted by molar-refractivity contribution is 9.10. The monoisotopic (exact) mass is 301 g/mol. The summed E-state index contributed by atoms with van der Waals surface area (Å²) in [6.45, 7) is 8.04. The molecular formula is C13H20BrNS. The van der Waals surface area contributed by atoms with E-state index < -0.39 is 0 Å². The Labute approximate surface area is 111 Å². The van der Waals surface area contributed by atoms with Crippen molar-refractivity contribution in [2.24, 2.45) is 11.3 Å². The minimum atomic E-state index is 0.557. The van der Waals surface area contributed by atoms with Crippen molar-refractivity contribution in [3.63, 3.8) is 0 Å². The maximum atomic E-state index is 3.65. The lowest BCUT2D eigenvalue weighted by molar-refractivity contribution is 0.411. The molecule has 1 aromatic rings. The normalized spacial score (nSPS) is 24.4. The van der Waals surface area contributed by atoms with Gasteiger partial charge in [-0.05, 0) is 52.7 Å². The van der Waals surface area contributed by atoms with E-state index in [-0.39, 0.29) is 0 Å². The van der Waals surface area contributed by atoms with Crippen molar-refractivity contribution in [1.29, 1.82) is 0 Å². The van der Waals surface area contributed by atoms with E-state index in [4.69, 9.17) is 0 Å². The zero-order valence-corrected chi connectivity index (χ0v) is 12.6. The number of halogens is 1. The molecule has 1 saturated carbocycles. The van der Waals surface area contributed by atoms with Gasteiger partial charge in [-0.3, -0.25) is 0 Å². The number of nitrogens with one attached hydrogen (secondary N) is 1. The van der Waals surface area contributed by atoms with E-state index in [0.717, 1.165) is 12.5 Å². The van der Waals surface area contributed by atoms with Gasteiger partial charge in [0.05, 0.1) is 0 Å². The van der Waals surface area contributed by atoms with E-state index in [2.05, 4.69) is 53.5 Å². The Morgan fingerprint density at radius 3 is 2.75 bits per heavy atom. The topological polar surface area (TPSA) is 12.0 Å². The van der Waals surface area contributed by atoms with E-state index in [1.54, 1.807) is 0 Å². The van der Waals surface area contributed by atoms with Crippen LogP contribution >= 0.6 is 27.3 Å². The van der Waals surface area contributed by atoms with Gasteiger partial charge >= 0.3 is 0 Å². The van der Waals surface area contributed by atoms with Crippen LogP contribution in [0.4, 0.5) is 0 Å². The van der Waals surface area contributed by atoms with Gasteiger partial charge in [0, 0.05) is 20.8 Å². The molecule has 1 aliphatic carbocycles. The molecule has 90 valence electrons. The van der Waals surface area contributed by atoms with Gasteiger partial charge in [-0.25, -0.2) is 0 Å². The van der Waals surface area contributed by atoms with Crippen molar-refractivity contribution in [3.8, 4) is 0 Å². The second-order valence-corrected chi connectivity index (χ2v) is 7.31. The molecule has 1 aliphatic rings. The molecule has 2 rings (SSSR count). The van der Waals surface area contributed by atoms with Crippen LogP contribution in [0, 0.1) is 11.3 Å². The van der Waals surface area contributed by atoms with Gasteiger partial charge in [-0.2, -0.15) is 0 Å². The quantitative estimate of drug-likeness (QED) is 0.864. The van der Waals surface area contributed by atoms with Gasteiger partial charge in [0.2, 0.25) is 0 Å². The maximum absolute atomic E-state index is 3.65. The molecule has 0 amide bonds. The van der Waals surface area contributed by atoms with Gasteiger partial charge in [-0.1, -0.05) is 20.8 Å². The summed E-state index contributed by atoms with van der Waals surface area (Å²) >= 11 is 5.39. The first-order chi connectivity index (χ1) is 7.53. The fourth-order valence-corrected chi connectivity index (χ4v) is 4.00. The van der Waals surface area contributed by atoms with Crippen molar-refractivity contribution in [1.82, 2.24) is 5.32 Å². The number of likely N-dealkylation sites (N-methyl/N-ethyl adjacent to an activating group) is 1. The van der Waals surface area contributed by atoms with Crippen molar-refractivity contribution < 1.29 is 0 Å². The number of hydrogen-bond acceptors (Lipinski definition) is 2. The molecular weight excluding hydrogens is 282 g/mol. The van der Waals surface area contributed by atoms with Crippen LogP contribution in [-0.2, 0) is 6.42 Å². The predicted octanol–water partition coefficient (Wildman–Crippen LogP) is 4.08. The zero-order valence-electron chi connectivity index (χ0n) is 10.2. The Bertz CT molecular complexity index is 359. The molecule has 1 heterocycles.